The van der Waals surface area contributed by atoms with Gasteiger partial charge in [0.1, 0.15) is 0 Å². The quantitative estimate of drug-likeness (QED) is 0.836. The van der Waals surface area contributed by atoms with Crippen LogP contribution in [0.1, 0.15) is 23.2 Å². The number of nitrogens with two attached hydrogens (primary N) is 2. The van der Waals surface area contributed by atoms with Crippen molar-refractivity contribution in [1.29, 1.82) is 0 Å². The molecule has 1 aromatic rings. The fourth-order valence-corrected chi connectivity index (χ4v) is 2.28. The Morgan fingerprint density at radius 1 is 1.35 bits per heavy atom. The summed E-state index contributed by atoms with van der Waals surface area (Å²) in [5.41, 5.74) is 12.6. The normalized spacial score (nSPS) is 17.2. The van der Waals surface area contributed by atoms with Crippen LogP contribution in [0.2, 0.25) is 5.02 Å². The van der Waals surface area contributed by atoms with Crippen molar-refractivity contribution in [3.8, 4) is 0 Å². The number of piperidine rings is 1. The van der Waals surface area contributed by atoms with E-state index in [2.05, 4.69) is 4.90 Å². The number of primary amides is 1. The van der Waals surface area contributed by atoms with E-state index < -0.39 is 5.91 Å². The molecule has 4 nitrogen and oxygen atoms in total. The third kappa shape index (κ3) is 2.70. The minimum absolute atomic E-state index is 0.252. The molecule has 1 saturated heterocycles. The molecule has 0 atom stereocenters. The molecule has 4 N–H and O–H groups in total. The predicted molar refractivity (Wildman–Crippen MR) is 69.4 cm³/mol. The fourth-order valence-electron chi connectivity index (χ4n) is 2.12. The van der Waals surface area contributed by atoms with Gasteiger partial charge < -0.3 is 16.4 Å². The van der Waals surface area contributed by atoms with E-state index >= 15 is 0 Å². The number of carbonyl (C=O) groups excluding carboxylic acids is 1. The first-order valence-electron chi connectivity index (χ1n) is 5.68. The Balaban J connectivity index is 2.30. The molecule has 0 bridgehead atoms. The van der Waals surface area contributed by atoms with Crippen molar-refractivity contribution < 1.29 is 4.79 Å². The van der Waals surface area contributed by atoms with E-state index in [-0.39, 0.29) is 6.04 Å². The molecular weight excluding hydrogens is 238 g/mol. The van der Waals surface area contributed by atoms with Crippen LogP contribution in [0.15, 0.2) is 18.2 Å². The highest BCUT2D eigenvalue weighted by molar-refractivity contribution is 6.31. The second kappa shape index (κ2) is 4.94. The van der Waals surface area contributed by atoms with Gasteiger partial charge >= 0.3 is 0 Å². The van der Waals surface area contributed by atoms with Crippen LogP contribution in [0.4, 0.5) is 5.69 Å². The minimum Gasteiger partial charge on any atom is -0.371 e. The number of carbonyl (C=O) groups is 1. The maximum absolute atomic E-state index is 11.4. The van der Waals surface area contributed by atoms with Gasteiger partial charge in [-0.25, -0.2) is 0 Å². The van der Waals surface area contributed by atoms with Crippen LogP contribution < -0.4 is 16.4 Å². The molecule has 2 rings (SSSR count). The number of halogens is 1. The summed E-state index contributed by atoms with van der Waals surface area (Å²) in [5, 5.41) is 0.611. The summed E-state index contributed by atoms with van der Waals surface area (Å²) in [4.78, 5) is 13.5. The van der Waals surface area contributed by atoms with Crippen LogP contribution in [0.3, 0.4) is 0 Å². The summed E-state index contributed by atoms with van der Waals surface area (Å²) in [6, 6.07) is 5.40. The molecule has 0 aromatic heterocycles. The van der Waals surface area contributed by atoms with Gasteiger partial charge in [0.25, 0.3) is 5.91 Å². The van der Waals surface area contributed by atoms with E-state index in [0.717, 1.165) is 31.6 Å². The molecule has 1 fully saturated rings. The standard InChI is InChI=1S/C12H16ClN3O/c13-8-1-2-10(12(15)17)11(7-8)16-5-3-9(14)4-6-16/h1-2,7,9H,3-6,14H2,(H2,15,17). The van der Waals surface area contributed by atoms with Crippen LogP contribution in [0.25, 0.3) is 0 Å². The summed E-state index contributed by atoms with van der Waals surface area (Å²) < 4.78 is 0. The molecule has 1 aromatic carbocycles. The van der Waals surface area contributed by atoms with Gasteiger partial charge in [0.05, 0.1) is 11.3 Å². The van der Waals surface area contributed by atoms with Crippen molar-refractivity contribution in [2.24, 2.45) is 11.5 Å². The van der Waals surface area contributed by atoms with Gasteiger partial charge in [-0.05, 0) is 31.0 Å². The molecule has 1 heterocycles. The fraction of sp³-hybridized carbons (Fsp3) is 0.417. The van der Waals surface area contributed by atoms with Crippen molar-refractivity contribution in [3.05, 3.63) is 28.8 Å². The Bertz CT molecular complexity index is 428. The Kier molecular flexibility index (Phi) is 3.54. The highest BCUT2D eigenvalue weighted by Crippen LogP contribution is 2.27. The molecule has 0 unspecified atom stereocenters. The smallest absolute Gasteiger partial charge is 0.250 e. The lowest BCUT2D eigenvalue weighted by atomic mass is 10.0. The SMILES string of the molecule is NC(=O)c1ccc(Cl)cc1N1CCC(N)CC1. The van der Waals surface area contributed by atoms with Gasteiger partial charge in [0.2, 0.25) is 0 Å². The monoisotopic (exact) mass is 253 g/mol. The van der Waals surface area contributed by atoms with E-state index in [1.54, 1.807) is 18.2 Å². The molecule has 5 heteroatoms. The highest BCUT2D eigenvalue weighted by atomic mass is 35.5. The summed E-state index contributed by atoms with van der Waals surface area (Å²) in [6.07, 6.45) is 1.84. The van der Waals surface area contributed by atoms with Crippen molar-refractivity contribution in [2.45, 2.75) is 18.9 Å². The van der Waals surface area contributed by atoms with Gasteiger partial charge in [0, 0.05) is 24.2 Å². The zero-order valence-electron chi connectivity index (χ0n) is 9.53. The molecular formula is C12H16ClN3O. The van der Waals surface area contributed by atoms with E-state index in [0.29, 0.717) is 10.6 Å². The topological polar surface area (TPSA) is 72.4 Å². The van der Waals surface area contributed by atoms with E-state index in [1.807, 2.05) is 0 Å². The molecule has 0 radical (unpaired) electrons. The molecule has 0 saturated carbocycles. The molecule has 92 valence electrons. The maximum Gasteiger partial charge on any atom is 0.250 e. The molecule has 1 amide bonds. The molecule has 1 aliphatic rings. The summed E-state index contributed by atoms with van der Waals surface area (Å²) in [7, 11) is 0. The zero-order valence-corrected chi connectivity index (χ0v) is 10.3. The highest BCUT2D eigenvalue weighted by Gasteiger charge is 2.20. The van der Waals surface area contributed by atoms with Gasteiger partial charge in [-0.3, -0.25) is 4.79 Å². The van der Waals surface area contributed by atoms with Gasteiger partial charge in [-0.2, -0.15) is 0 Å². The molecule has 1 aliphatic heterocycles. The average molecular weight is 254 g/mol. The van der Waals surface area contributed by atoms with Crippen molar-refractivity contribution in [1.82, 2.24) is 0 Å². The number of anilines is 1. The van der Waals surface area contributed by atoms with Gasteiger partial charge in [-0.15, -0.1) is 0 Å². The zero-order chi connectivity index (χ0) is 12.4. The van der Waals surface area contributed by atoms with Crippen LogP contribution >= 0.6 is 11.6 Å². The van der Waals surface area contributed by atoms with Crippen molar-refractivity contribution in [2.75, 3.05) is 18.0 Å². The lowest BCUT2D eigenvalue weighted by Gasteiger charge is -2.33. The van der Waals surface area contributed by atoms with Crippen LogP contribution in [0.5, 0.6) is 0 Å². The van der Waals surface area contributed by atoms with Crippen LogP contribution in [-0.2, 0) is 0 Å². The van der Waals surface area contributed by atoms with Crippen molar-refractivity contribution >= 4 is 23.2 Å². The second-order valence-electron chi connectivity index (χ2n) is 4.35. The molecule has 0 spiro atoms. The molecule has 17 heavy (non-hydrogen) atoms. The lowest BCUT2D eigenvalue weighted by molar-refractivity contribution is 0.100. The summed E-state index contributed by atoms with van der Waals surface area (Å²) in [5.74, 6) is -0.425. The Labute approximate surface area is 106 Å². The average Bonchev–Trinajstić information content (AvgIpc) is 2.29. The summed E-state index contributed by atoms with van der Waals surface area (Å²) in [6.45, 7) is 1.67. The van der Waals surface area contributed by atoms with Crippen molar-refractivity contribution in [3.63, 3.8) is 0 Å². The molecule has 0 aliphatic carbocycles. The maximum atomic E-state index is 11.4. The number of nitrogens with zero attached hydrogens (tertiary/aromatic N) is 1. The first-order valence-corrected chi connectivity index (χ1v) is 6.05. The Hall–Kier alpha value is -1.26. The third-order valence-corrected chi connectivity index (χ3v) is 3.34. The summed E-state index contributed by atoms with van der Waals surface area (Å²) >= 11 is 5.97. The van der Waals surface area contributed by atoms with Crippen LogP contribution in [-0.4, -0.2) is 25.0 Å². The number of benzene rings is 1. The largest absolute Gasteiger partial charge is 0.371 e. The third-order valence-electron chi connectivity index (χ3n) is 3.11. The van der Waals surface area contributed by atoms with E-state index in [9.17, 15) is 4.79 Å². The lowest BCUT2D eigenvalue weighted by Crippen LogP contribution is -2.40. The van der Waals surface area contributed by atoms with E-state index in [4.69, 9.17) is 23.1 Å². The number of hydrogen-bond acceptors (Lipinski definition) is 3. The predicted octanol–water partition coefficient (Wildman–Crippen LogP) is 1.37. The van der Waals surface area contributed by atoms with Gasteiger partial charge in [-0.1, -0.05) is 11.6 Å². The second-order valence-corrected chi connectivity index (χ2v) is 4.79. The minimum atomic E-state index is -0.425. The first-order chi connectivity index (χ1) is 8.08. The number of amides is 1. The first kappa shape index (κ1) is 12.2. The van der Waals surface area contributed by atoms with Gasteiger partial charge in [0.15, 0.2) is 0 Å². The van der Waals surface area contributed by atoms with Crippen LogP contribution in [0, 0.1) is 0 Å². The Morgan fingerprint density at radius 2 is 2.00 bits per heavy atom. The number of hydrogen-bond donors (Lipinski definition) is 2. The van der Waals surface area contributed by atoms with E-state index in [1.165, 1.54) is 0 Å². The Morgan fingerprint density at radius 3 is 2.59 bits per heavy atom. The number of rotatable bonds is 2.